The van der Waals surface area contributed by atoms with E-state index in [0.29, 0.717) is 30.2 Å². The van der Waals surface area contributed by atoms with Crippen molar-refractivity contribution in [3.8, 4) is 5.75 Å². The third-order valence-corrected chi connectivity index (χ3v) is 5.61. The van der Waals surface area contributed by atoms with Crippen LogP contribution in [0.15, 0.2) is 71.9 Å². The molecule has 0 saturated heterocycles. The van der Waals surface area contributed by atoms with E-state index in [-0.39, 0.29) is 4.90 Å². The third kappa shape index (κ3) is 5.23. The van der Waals surface area contributed by atoms with E-state index in [9.17, 15) is 8.42 Å². The Morgan fingerprint density at radius 2 is 1.71 bits per heavy atom. The Hall–Kier alpha value is -3.06. The number of hydrogen-bond donors (Lipinski definition) is 2. The molecule has 0 saturated carbocycles. The molecule has 28 heavy (non-hydrogen) atoms. The summed E-state index contributed by atoms with van der Waals surface area (Å²) in [5.41, 5.74) is 3.04. The van der Waals surface area contributed by atoms with Crippen molar-refractivity contribution in [3.05, 3.63) is 78.1 Å². The van der Waals surface area contributed by atoms with Gasteiger partial charge in [0.2, 0.25) is 0 Å². The second-order valence-electron chi connectivity index (χ2n) is 6.42. The summed E-state index contributed by atoms with van der Waals surface area (Å²) in [5.74, 6) is 0.610. The van der Waals surface area contributed by atoms with Gasteiger partial charge in [0.25, 0.3) is 10.0 Å². The summed E-state index contributed by atoms with van der Waals surface area (Å²) < 4.78 is 33.8. The molecule has 0 aliphatic rings. The number of aryl methyl sites for hydroxylation is 2. The molecule has 1 heterocycles. The second-order valence-corrected chi connectivity index (χ2v) is 8.07. The van der Waals surface area contributed by atoms with Gasteiger partial charge in [0.05, 0.1) is 10.6 Å². The summed E-state index contributed by atoms with van der Waals surface area (Å²) in [6, 6.07) is 16.0. The number of hydrogen-bond acceptors (Lipinski definition) is 5. The number of nitrogens with zero attached hydrogens (tertiary/aromatic N) is 1. The summed E-state index contributed by atoms with van der Waals surface area (Å²) in [4.78, 5) is 4.23. The lowest BCUT2D eigenvalue weighted by Crippen LogP contribution is -2.15. The molecule has 0 spiro atoms. The van der Waals surface area contributed by atoms with Crippen LogP contribution in [-0.2, 0) is 10.0 Å². The molecule has 1 aromatic heterocycles. The van der Waals surface area contributed by atoms with Crippen LogP contribution in [-0.4, -0.2) is 26.6 Å². The summed E-state index contributed by atoms with van der Waals surface area (Å²) in [6.07, 6.45) is 3.44. The van der Waals surface area contributed by atoms with Gasteiger partial charge >= 0.3 is 0 Å². The topological polar surface area (TPSA) is 80.3 Å². The number of sulfonamides is 1. The molecule has 0 bridgehead atoms. The predicted octanol–water partition coefficient (Wildman–Crippen LogP) is 3.99. The first-order valence-electron chi connectivity index (χ1n) is 8.91. The van der Waals surface area contributed by atoms with Crippen molar-refractivity contribution in [1.29, 1.82) is 0 Å². The summed E-state index contributed by atoms with van der Waals surface area (Å²) in [5, 5.41) is 3.23. The zero-order chi connectivity index (χ0) is 20.0. The predicted molar refractivity (Wildman–Crippen MR) is 111 cm³/mol. The number of rotatable bonds is 8. The average Bonchev–Trinajstić information content (AvgIpc) is 2.65. The van der Waals surface area contributed by atoms with Crippen LogP contribution in [0.1, 0.15) is 11.1 Å². The first-order chi connectivity index (χ1) is 13.4. The van der Waals surface area contributed by atoms with Crippen molar-refractivity contribution < 1.29 is 13.2 Å². The van der Waals surface area contributed by atoms with Gasteiger partial charge in [0.15, 0.2) is 0 Å². The normalized spacial score (nSPS) is 11.1. The van der Waals surface area contributed by atoms with Gasteiger partial charge in [-0.1, -0.05) is 18.2 Å². The summed E-state index contributed by atoms with van der Waals surface area (Å²) in [6.45, 7) is 4.72. The fraction of sp³-hybridized carbons (Fsp3) is 0.190. The van der Waals surface area contributed by atoms with Gasteiger partial charge in [-0.3, -0.25) is 9.71 Å². The largest absolute Gasteiger partial charge is 0.492 e. The average molecular weight is 398 g/mol. The van der Waals surface area contributed by atoms with Crippen LogP contribution in [0.5, 0.6) is 5.75 Å². The van der Waals surface area contributed by atoms with Crippen LogP contribution in [0.2, 0.25) is 0 Å². The van der Waals surface area contributed by atoms with E-state index in [4.69, 9.17) is 4.74 Å². The van der Waals surface area contributed by atoms with E-state index in [2.05, 4.69) is 15.0 Å². The van der Waals surface area contributed by atoms with Gasteiger partial charge in [0.1, 0.15) is 12.4 Å². The molecule has 0 atom stereocenters. The minimum atomic E-state index is -3.66. The minimum Gasteiger partial charge on any atom is -0.492 e. The van der Waals surface area contributed by atoms with Crippen molar-refractivity contribution in [2.75, 3.05) is 23.2 Å². The van der Waals surface area contributed by atoms with E-state index < -0.39 is 10.0 Å². The maximum absolute atomic E-state index is 12.7. The highest BCUT2D eigenvalue weighted by atomic mass is 32.2. The molecule has 6 nitrogen and oxygen atoms in total. The molecule has 0 unspecified atom stereocenters. The monoisotopic (exact) mass is 397 g/mol. The molecule has 3 aromatic rings. The lowest BCUT2D eigenvalue weighted by atomic mass is 10.2. The molecule has 7 heteroatoms. The molecule has 2 aromatic carbocycles. The highest BCUT2D eigenvalue weighted by Crippen LogP contribution is 2.24. The molecule has 3 rings (SSSR count). The van der Waals surface area contributed by atoms with Crippen molar-refractivity contribution in [1.82, 2.24) is 4.98 Å². The fourth-order valence-corrected chi connectivity index (χ4v) is 4.08. The number of benzene rings is 2. The zero-order valence-electron chi connectivity index (χ0n) is 15.8. The van der Waals surface area contributed by atoms with E-state index in [1.54, 1.807) is 49.6 Å². The van der Waals surface area contributed by atoms with Crippen LogP contribution in [0.25, 0.3) is 0 Å². The number of nitrogens with one attached hydrogen (secondary N) is 2. The number of ether oxygens (including phenoxy) is 1. The Bertz CT molecular complexity index is 1040. The number of pyridine rings is 1. The maximum Gasteiger partial charge on any atom is 0.262 e. The number of aromatic nitrogens is 1. The van der Waals surface area contributed by atoms with Crippen LogP contribution < -0.4 is 14.8 Å². The molecule has 0 fully saturated rings. The third-order valence-electron chi connectivity index (χ3n) is 4.07. The van der Waals surface area contributed by atoms with Crippen molar-refractivity contribution in [2.24, 2.45) is 0 Å². The van der Waals surface area contributed by atoms with Crippen molar-refractivity contribution in [3.63, 3.8) is 0 Å². The van der Waals surface area contributed by atoms with Gasteiger partial charge in [-0.15, -0.1) is 0 Å². The van der Waals surface area contributed by atoms with Gasteiger partial charge in [-0.05, 0) is 55.3 Å². The SMILES string of the molecule is Cc1cc(NS(=O)(=O)c2ccccc2C)cc(OCCNc2ccncc2)c1. The van der Waals surface area contributed by atoms with E-state index >= 15 is 0 Å². The molecule has 0 aliphatic heterocycles. The Morgan fingerprint density at radius 1 is 0.964 bits per heavy atom. The van der Waals surface area contributed by atoms with Gasteiger partial charge in [-0.2, -0.15) is 0 Å². The van der Waals surface area contributed by atoms with E-state index in [0.717, 1.165) is 11.3 Å². The van der Waals surface area contributed by atoms with Crippen LogP contribution >= 0.6 is 0 Å². The van der Waals surface area contributed by atoms with Gasteiger partial charge in [-0.25, -0.2) is 8.42 Å². The van der Waals surface area contributed by atoms with Crippen LogP contribution in [0, 0.1) is 13.8 Å². The quantitative estimate of drug-likeness (QED) is 0.562. The second kappa shape index (κ2) is 8.75. The Morgan fingerprint density at radius 3 is 2.46 bits per heavy atom. The van der Waals surface area contributed by atoms with Gasteiger partial charge < -0.3 is 10.1 Å². The van der Waals surface area contributed by atoms with E-state index in [1.165, 1.54) is 0 Å². The summed E-state index contributed by atoms with van der Waals surface area (Å²) >= 11 is 0. The van der Waals surface area contributed by atoms with Crippen molar-refractivity contribution in [2.45, 2.75) is 18.7 Å². The molecule has 0 amide bonds. The van der Waals surface area contributed by atoms with E-state index in [1.807, 2.05) is 31.2 Å². The maximum atomic E-state index is 12.7. The smallest absolute Gasteiger partial charge is 0.262 e. The highest BCUT2D eigenvalue weighted by molar-refractivity contribution is 7.92. The molecular formula is C21H23N3O3S. The van der Waals surface area contributed by atoms with Crippen LogP contribution in [0.3, 0.4) is 0 Å². The Balaban J connectivity index is 1.65. The molecule has 2 N–H and O–H groups in total. The van der Waals surface area contributed by atoms with Crippen molar-refractivity contribution >= 4 is 21.4 Å². The first kappa shape index (κ1) is 19.7. The Labute approximate surface area is 165 Å². The highest BCUT2D eigenvalue weighted by Gasteiger charge is 2.16. The van der Waals surface area contributed by atoms with Crippen LogP contribution in [0.4, 0.5) is 11.4 Å². The first-order valence-corrected chi connectivity index (χ1v) is 10.4. The summed E-state index contributed by atoms with van der Waals surface area (Å²) in [7, 11) is -3.66. The standard InChI is InChI=1S/C21H23N3O3S/c1-16-13-19(24-28(25,26)21-6-4-3-5-17(21)2)15-20(14-16)27-12-11-23-18-7-9-22-10-8-18/h3-10,13-15,24H,11-12H2,1-2H3,(H,22,23). The minimum absolute atomic E-state index is 0.264. The molecule has 0 radical (unpaired) electrons. The Kier molecular flexibility index (Phi) is 6.16. The van der Waals surface area contributed by atoms with Gasteiger partial charge in [0, 0.05) is 30.7 Å². The number of anilines is 2. The lowest BCUT2D eigenvalue weighted by molar-refractivity contribution is 0.333. The molecule has 0 aliphatic carbocycles. The lowest BCUT2D eigenvalue weighted by Gasteiger charge is -2.13. The fourth-order valence-electron chi connectivity index (χ4n) is 2.79. The molecular weight excluding hydrogens is 374 g/mol. The molecule has 146 valence electrons. The zero-order valence-corrected chi connectivity index (χ0v) is 16.7.